The maximum Gasteiger partial charge on any atom is 0.338 e. The van der Waals surface area contributed by atoms with Crippen molar-refractivity contribution < 1.29 is 18.6 Å². The fourth-order valence-corrected chi connectivity index (χ4v) is 5.51. The second-order valence-electron chi connectivity index (χ2n) is 8.27. The minimum atomic E-state index is -3.20. The first-order chi connectivity index (χ1) is 14.9. The standard InChI is InChI=1S/C26H29O4P/c1-26(2,19-12-20-29-25(27)22-13-6-3-7-14-22)21-30-31(28,23-15-8-4-9-16-23)24-17-10-5-11-18-24/h3-11,13-18H,12,19-21H2,1-2H3. The monoisotopic (exact) mass is 436 g/mol. The summed E-state index contributed by atoms with van der Waals surface area (Å²) in [6, 6.07) is 27.7. The molecule has 0 atom stereocenters. The van der Waals surface area contributed by atoms with Crippen molar-refractivity contribution in [2.45, 2.75) is 26.7 Å². The van der Waals surface area contributed by atoms with Crippen LogP contribution in [0.4, 0.5) is 0 Å². The Hall–Kier alpha value is -2.68. The molecular formula is C26H29O4P. The number of carbonyl (C=O) groups excluding carboxylic acids is 1. The SMILES string of the molecule is CC(C)(CCCOC(=O)c1ccccc1)COP(=O)(c1ccccc1)c1ccccc1. The third kappa shape index (κ3) is 6.40. The smallest absolute Gasteiger partial charge is 0.338 e. The van der Waals surface area contributed by atoms with E-state index in [0.717, 1.165) is 6.42 Å². The van der Waals surface area contributed by atoms with Gasteiger partial charge in [-0.1, -0.05) is 68.4 Å². The molecule has 162 valence electrons. The normalized spacial score (nSPS) is 11.8. The molecule has 31 heavy (non-hydrogen) atoms. The van der Waals surface area contributed by atoms with E-state index in [2.05, 4.69) is 13.8 Å². The highest BCUT2D eigenvalue weighted by molar-refractivity contribution is 7.74. The highest BCUT2D eigenvalue weighted by Gasteiger charge is 2.31. The van der Waals surface area contributed by atoms with Crippen LogP contribution in [0.25, 0.3) is 0 Å². The molecule has 0 radical (unpaired) electrons. The third-order valence-corrected chi connectivity index (χ3v) is 7.52. The molecule has 0 heterocycles. The number of rotatable bonds is 10. The molecule has 0 aromatic heterocycles. The Bertz CT molecular complexity index is 958. The second kappa shape index (κ2) is 10.6. The van der Waals surface area contributed by atoms with Crippen molar-refractivity contribution in [1.82, 2.24) is 0 Å². The molecule has 0 fully saturated rings. The van der Waals surface area contributed by atoms with Gasteiger partial charge in [-0.05, 0) is 54.7 Å². The van der Waals surface area contributed by atoms with E-state index in [1.54, 1.807) is 12.1 Å². The molecule has 0 bridgehead atoms. The van der Waals surface area contributed by atoms with Crippen LogP contribution in [0.3, 0.4) is 0 Å². The van der Waals surface area contributed by atoms with Crippen molar-refractivity contribution in [3.63, 3.8) is 0 Å². The first kappa shape index (κ1) is 23.0. The van der Waals surface area contributed by atoms with Crippen molar-refractivity contribution in [1.29, 1.82) is 0 Å². The highest BCUT2D eigenvalue weighted by Crippen LogP contribution is 2.46. The fourth-order valence-electron chi connectivity index (χ4n) is 3.26. The zero-order valence-corrected chi connectivity index (χ0v) is 19.0. The van der Waals surface area contributed by atoms with Crippen molar-refractivity contribution in [3.05, 3.63) is 96.6 Å². The van der Waals surface area contributed by atoms with Crippen molar-refractivity contribution in [3.8, 4) is 0 Å². The maximum absolute atomic E-state index is 13.9. The van der Waals surface area contributed by atoms with Crippen LogP contribution in [-0.2, 0) is 13.8 Å². The first-order valence-electron chi connectivity index (χ1n) is 10.5. The van der Waals surface area contributed by atoms with Crippen LogP contribution in [0.1, 0.15) is 37.0 Å². The number of hydrogen-bond acceptors (Lipinski definition) is 4. The number of hydrogen-bond donors (Lipinski definition) is 0. The molecule has 3 aromatic rings. The van der Waals surface area contributed by atoms with Crippen LogP contribution in [0.5, 0.6) is 0 Å². The van der Waals surface area contributed by atoms with Crippen LogP contribution in [0.15, 0.2) is 91.0 Å². The van der Waals surface area contributed by atoms with E-state index in [0.29, 0.717) is 35.8 Å². The molecule has 3 rings (SSSR count). The molecule has 0 saturated carbocycles. The predicted octanol–water partition coefficient (Wildman–Crippen LogP) is 5.60. The Balaban J connectivity index is 1.58. The lowest BCUT2D eigenvalue weighted by Crippen LogP contribution is -2.25. The lowest BCUT2D eigenvalue weighted by Gasteiger charge is -2.28. The summed E-state index contributed by atoms with van der Waals surface area (Å²) in [4.78, 5) is 12.1. The minimum absolute atomic E-state index is 0.224. The molecule has 0 saturated heterocycles. The lowest BCUT2D eigenvalue weighted by molar-refractivity contribution is 0.0478. The molecule has 0 unspecified atom stereocenters. The van der Waals surface area contributed by atoms with E-state index in [9.17, 15) is 9.36 Å². The average Bonchev–Trinajstić information content (AvgIpc) is 2.82. The first-order valence-corrected chi connectivity index (χ1v) is 12.1. The van der Waals surface area contributed by atoms with E-state index >= 15 is 0 Å². The molecule has 3 aromatic carbocycles. The summed E-state index contributed by atoms with van der Waals surface area (Å²) in [7, 11) is -3.20. The van der Waals surface area contributed by atoms with E-state index < -0.39 is 7.37 Å². The molecule has 0 N–H and O–H groups in total. The van der Waals surface area contributed by atoms with Gasteiger partial charge in [0.1, 0.15) is 0 Å². The van der Waals surface area contributed by atoms with Crippen LogP contribution in [-0.4, -0.2) is 19.2 Å². The van der Waals surface area contributed by atoms with E-state index in [1.807, 2.05) is 78.9 Å². The number of benzene rings is 3. The Morgan fingerprint density at radius 2 is 1.29 bits per heavy atom. The van der Waals surface area contributed by atoms with Gasteiger partial charge in [0.25, 0.3) is 7.37 Å². The van der Waals surface area contributed by atoms with Crippen LogP contribution in [0.2, 0.25) is 0 Å². The lowest BCUT2D eigenvalue weighted by atomic mass is 9.89. The van der Waals surface area contributed by atoms with Gasteiger partial charge in [-0.25, -0.2) is 4.79 Å². The largest absolute Gasteiger partial charge is 0.462 e. The second-order valence-corrected chi connectivity index (χ2v) is 10.7. The Morgan fingerprint density at radius 1 is 0.806 bits per heavy atom. The molecule has 0 aliphatic heterocycles. The molecule has 0 aliphatic rings. The van der Waals surface area contributed by atoms with Gasteiger partial charge >= 0.3 is 5.97 Å². The molecule has 5 heteroatoms. The molecular weight excluding hydrogens is 407 g/mol. The zero-order valence-electron chi connectivity index (χ0n) is 18.1. The van der Waals surface area contributed by atoms with Gasteiger partial charge in [0.05, 0.1) is 18.8 Å². The number of esters is 1. The van der Waals surface area contributed by atoms with Gasteiger partial charge in [0, 0.05) is 10.6 Å². The van der Waals surface area contributed by atoms with Gasteiger partial charge < -0.3 is 9.26 Å². The summed E-state index contributed by atoms with van der Waals surface area (Å²) in [6.45, 7) is 4.82. The van der Waals surface area contributed by atoms with Crippen LogP contribution in [0, 0.1) is 5.41 Å². The van der Waals surface area contributed by atoms with Gasteiger partial charge in [-0.15, -0.1) is 0 Å². The maximum atomic E-state index is 13.9. The predicted molar refractivity (Wildman–Crippen MR) is 125 cm³/mol. The van der Waals surface area contributed by atoms with Gasteiger partial charge in [-0.3, -0.25) is 4.57 Å². The molecule has 0 spiro atoms. The fraction of sp³-hybridized carbons (Fsp3) is 0.269. The van der Waals surface area contributed by atoms with E-state index in [4.69, 9.17) is 9.26 Å². The molecule has 0 amide bonds. The topological polar surface area (TPSA) is 52.6 Å². The summed E-state index contributed by atoms with van der Waals surface area (Å²) < 4.78 is 25.5. The Kier molecular flexibility index (Phi) is 7.84. The Labute approximate surface area is 184 Å². The Morgan fingerprint density at radius 3 is 1.81 bits per heavy atom. The summed E-state index contributed by atoms with van der Waals surface area (Å²) in [5.41, 5.74) is 0.329. The number of carbonyl (C=O) groups is 1. The van der Waals surface area contributed by atoms with E-state index in [-0.39, 0.29) is 11.4 Å². The van der Waals surface area contributed by atoms with Crippen molar-refractivity contribution in [2.24, 2.45) is 5.41 Å². The van der Waals surface area contributed by atoms with Crippen molar-refractivity contribution in [2.75, 3.05) is 13.2 Å². The summed E-state index contributed by atoms with van der Waals surface area (Å²) >= 11 is 0. The van der Waals surface area contributed by atoms with E-state index in [1.165, 1.54) is 0 Å². The molecule has 4 nitrogen and oxygen atoms in total. The van der Waals surface area contributed by atoms with Crippen LogP contribution < -0.4 is 10.6 Å². The summed E-state index contributed by atoms with van der Waals surface area (Å²) in [5.74, 6) is -0.313. The number of ether oxygens (including phenoxy) is 1. The average molecular weight is 436 g/mol. The van der Waals surface area contributed by atoms with Gasteiger partial charge in [0.2, 0.25) is 0 Å². The van der Waals surface area contributed by atoms with Gasteiger partial charge in [0.15, 0.2) is 0 Å². The van der Waals surface area contributed by atoms with Crippen molar-refractivity contribution >= 4 is 23.9 Å². The zero-order chi connectivity index (χ0) is 22.2. The summed E-state index contributed by atoms with van der Waals surface area (Å²) in [5, 5.41) is 1.38. The minimum Gasteiger partial charge on any atom is -0.462 e. The summed E-state index contributed by atoms with van der Waals surface area (Å²) in [6.07, 6.45) is 1.48. The quantitative estimate of drug-likeness (QED) is 0.236. The highest BCUT2D eigenvalue weighted by atomic mass is 31.2. The third-order valence-electron chi connectivity index (χ3n) is 5.07. The van der Waals surface area contributed by atoms with Crippen LogP contribution >= 0.6 is 7.37 Å². The van der Waals surface area contributed by atoms with Gasteiger partial charge in [-0.2, -0.15) is 0 Å². The molecule has 0 aliphatic carbocycles.